The van der Waals surface area contributed by atoms with Gasteiger partial charge in [0.05, 0.1) is 0 Å². The molecule has 0 unspecified atom stereocenters. The molecule has 0 aliphatic rings. The van der Waals surface area contributed by atoms with E-state index in [1.807, 2.05) is 6.92 Å². The Morgan fingerprint density at radius 3 is 2.84 bits per heavy atom. The summed E-state index contributed by atoms with van der Waals surface area (Å²) in [6.07, 6.45) is -2.70. The average molecular weight is 279 g/mol. The monoisotopic (exact) mass is 279 g/mol. The number of amides is 1. The molecule has 1 heterocycles. The Kier molecular flexibility index (Phi) is 5.81. The van der Waals surface area contributed by atoms with E-state index in [1.165, 1.54) is 0 Å². The zero-order valence-electron chi connectivity index (χ0n) is 10.5. The van der Waals surface area contributed by atoms with E-state index in [9.17, 15) is 18.0 Å². The summed E-state index contributed by atoms with van der Waals surface area (Å²) in [5, 5.41) is 5.86. The van der Waals surface area contributed by atoms with Gasteiger partial charge in [-0.2, -0.15) is 18.3 Å². The molecule has 0 saturated carbocycles. The van der Waals surface area contributed by atoms with Crippen LogP contribution in [-0.4, -0.2) is 35.4 Å². The Hall–Kier alpha value is -1.57. The molecule has 0 radical (unpaired) electrons. The summed E-state index contributed by atoms with van der Waals surface area (Å²) < 4.78 is 42.8. The molecular weight excluding hydrogens is 263 g/mol. The first-order chi connectivity index (χ1) is 8.93. The van der Waals surface area contributed by atoms with Crippen molar-refractivity contribution in [2.45, 2.75) is 26.1 Å². The van der Waals surface area contributed by atoms with Crippen LogP contribution in [0.25, 0.3) is 0 Å². The number of aromatic nitrogens is 2. The molecule has 0 saturated heterocycles. The molecule has 1 N–H and O–H groups in total. The van der Waals surface area contributed by atoms with Crippen LogP contribution >= 0.6 is 0 Å². The first-order valence-electron chi connectivity index (χ1n) is 5.88. The lowest BCUT2D eigenvalue weighted by Gasteiger charge is -2.05. The van der Waals surface area contributed by atoms with E-state index in [0.29, 0.717) is 26.2 Å². The quantitative estimate of drug-likeness (QED) is 0.768. The van der Waals surface area contributed by atoms with E-state index in [2.05, 4.69) is 10.4 Å². The smallest absolute Gasteiger partial charge is 0.382 e. The Balaban J connectivity index is 2.30. The molecule has 0 fully saturated rings. The van der Waals surface area contributed by atoms with Gasteiger partial charge in [-0.25, -0.2) is 0 Å². The van der Waals surface area contributed by atoms with Crippen molar-refractivity contribution in [1.82, 2.24) is 15.1 Å². The van der Waals surface area contributed by atoms with E-state index in [4.69, 9.17) is 4.74 Å². The normalized spacial score (nSPS) is 11.6. The summed E-state index contributed by atoms with van der Waals surface area (Å²) in [7, 11) is 0. The van der Waals surface area contributed by atoms with E-state index < -0.39 is 11.9 Å². The minimum atomic E-state index is -4.49. The Bertz CT molecular complexity index is 404. The topological polar surface area (TPSA) is 56.1 Å². The van der Waals surface area contributed by atoms with Gasteiger partial charge in [0, 0.05) is 26.0 Å². The fourth-order valence-corrected chi connectivity index (χ4v) is 1.35. The molecule has 19 heavy (non-hydrogen) atoms. The van der Waals surface area contributed by atoms with Gasteiger partial charge in [0.15, 0.2) is 5.69 Å². The molecule has 5 nitrogen and oxygen atoms in total. The third-order valence-corrected chi connectivity index (χ3v) is 2.23. The number of halogens is 3. The molecule has 1 rings (SSSR count). The van der Waals surface area contributed by atoms with Gasteiger partial charge >= 0.3 is 6.18 Å². The molecule has 108 valence electrons. The maximum atomic E-state index is 12.3. The number of hydrogen-bond acceptors (Lipinski definition) is 3. The summed E-state index contributed by atoms with van der Waals surface area (Å²) in [4.78, 5) is 11.4. The predicted molar refractivity (Wildman–Crippen MR) is 61.3 cm³/mol. The lowest BCUT2D eigenvalue weighted by atomic mass is 10.4. The molecule has 8 heteroatoms. The number of rotatable bonds is 7. The number of alkyl halides is 3. The number of ether oxygens (including phenoxy) is 1. The maximum Gasteiger partial charge on any atom is 0.435 e. The Morgan fingerprint density at radius 2 is 2.26 bits per heavy atom. The summed E-state index contributed by atoms with van der Waals surface area (Å²) in [5.74, 6) is -0.381. The zero-order chi connectivity index (χ0) is 14.3. The number of carbonyl (C=O) groups is 1. The summed E-state index contributed by atoms with van der Waals surface area (Å²) in [5.41, 5.74) is -1.00. The minimum Gasteiger partial charge on any atom is -0.382 e. The molecule has 0 atom stereocenters. The second kappa shape index (κ2) is 7.13. The Morgan fingerprint density at radius 1 is 1.53 bits per heavy atom. The van der Waals surface area contributed by atoms with Gasteiger partial charge in [0.25, 0.3) is 0 Å². The molecule has 1 aromatic heterocycles. The van der Waals surface area contributed by atoms with E-state index in [-0.39, 0.29) is 12.5 Å². The SMILES string of the molecule is CCOCCCNC(=O)Cn1ccc(C(F)(F)F)n1. The van der Waals surface area contributed by atoms with Crippen molar-refractivity contribution in [3.05, 3.63) is 18.0 Å². The highest BCUT2D eigenvalue weighted by Crippen LogP contribution is 2.27. The van der Waals surface area contributed by atoms with Crippen molar-refractivity contribution in [2.24, 2.45) is 0 Å². The number of nitrogens with zero attached hydrogens (tertiary/aromatic N) is 2. The third kappa shape index (κ3) is 5.73. The highest BCUT2D eigenvalue weighted by Gasteiger charge is 2.33. The van der Waals surface area contributed by atoms with Gasteiger partial charge in [0.1, 0.15) is 6.54 Å². The van der Waals surface area contributed by atoms with Crippen molar-refractivity contribution in [1.29, 1.82) is 0 Å². The predicted octanol–water partition coefficient (Wildman–Crippen LogP) is 1.44. The van der Waals surface area contributed by atoms with Crippen LogP contribution in [0.1, 0.15) is 19.0 Å². The van der Waals surface area contributed by atoms with Gasteiger partial charge in [0.2, 0.25) is 5.91 Å². The van der Waals surface area contributed by atoms with Gasteiger partial charge in [-0.3, -0.25) is 9.48 Å². The van der Waals surface area contributed by atoms with Gasteiger partial charge in [-0.15, -0.1) is 0 Å². The summed E-state index contributed by atoms with van der Waals surface area (Å²) >= 11 is 0. The van der Waals surface area contributed by atoms with E-state index >= 15 is 0 Å². The lowest BCUT2D eigenvalue weighted by molar-refractivity contribution is -0.141. The third-order valence-electron chi connectivity index (χ3n) is 2.23. The number of carbonyl (C=O) groups excluding carboxylic acids is 1. The van der Waals surface area contributed by atoms with Crippen LogP contribution in [0.3, 0.4) is 0 Å². The minimum absolute atomic E-state index is 0.231. The Labute approximate surface area is 108 Å². The van der Waals surface area contributed by atoms with Crippen LogP contribution in [0.15, 0.2) is 12.3 Å². The van der Waals surface area contributed by atoms with Crippen molar-refractivity contribution >= 4 is 5.91 Å². The first kappa shape index (κ1) is 15.5. The molecule has 0 spiro atoms. The molecule has 0 aliphatic carbocycles. The average Bonchev–Trinajstić information content (AvgIpc) is 2.77. The maximum absolute atomic E-state index is 12.3. The van der Waals surface area contributed by atoms with Crippen molar-refractivity contribution in [3.8, 4) is 0 Å². The van der Waals surface area contributed by atoms with E-state index in [0.717, 1.165) is 16.9 Å². The van der Waals surface area contributed by atoms with Gasteiger partial charge < -0.3 is 10.1 Å². The highest BCUT2D eigenvalue weighted by molar-refractivity contribution is 5.75. The van der Waals surface area contributed by atoms with Crippen LogP contribution in [-0.2, 0) is 22.3 Å². The molecule has 1 amide bonds. The van der Waals surface area contributed by atoms with Gasteiger partial charge in [-0.1, -0.05) is 0 Å². The summed E-state index contributed by atoms with van der Waals surface area (Å²) in [6, 6.07) is 0.836. The molecular formula is C11H16F3N3O2. The zero-order valence-corrected chi connectivity index (χ0v) is 10.5. The molecule has 0 aliphatic heterocycles. The molecule has 0 bridgehead atoms. The van der Waals surface area contributed by atoms with Crippen LogP contribution < -0.4 is 5.32 Å². The van der Waals surface area contributed by atoms with Crippen molar-refractivity contribution in [2.75, 3.05) is 19.8 Å². The second-order valence-corrected chi connectivity index (χ2v) is 3.80. The van der Waals surface area contributed by atoms with Crippen LogP contribution in [0.4, 0.5) is 13.2 Å². The van der Waals surface area contributed by atoms with Crippen molar-refractivity contribution in [3.63, 3.8) is 0 Å². The fourth-order valence-electron chi connectivity index (χ4n) is 1.35. The largest absolute Gasteiger partial charge is 0.435 e. The van der Waals surface area contributed by atoms with Crippen molar-refractivity contribution < 1.29 is 22.7 Å². The first-order valence-corrected chi connectivity index (χ1v) is 5.88. The number of nitrogens with one attached hydrogen (secondary N) is 1. The summed E-state index contributed by atoms with van der Waals surface area (Å²) in [6.45, 7) is 3.21. The fraction of sp³-hybridized carbons (Fsp3) is 0.636. The molecule has 1 aromatic rings. The number of hydrogen-bond donors (Lipinski definition) is 1. The van der Waals surface area contributed by atoms with Gasteiger partial charge in [-0.05, 0) is 19.4 Å². The lowest BCUT2D eigenvalue weighted by Crippen LogP contribution is -2.29. The van der Waals surface area contributed by atoms with Crippen LogP contribution in [0.2, 0.25) is 0 Å². The van der Waals surface area contributed by atoms with Crippen LogP contribution in [0.5, 0.6) is 0 Å². The van der Waals surface area contributed by atoms with E-state index in [1.54, 1.807) is 0 Å². The standard InChI is InChI=1S/C11H16F3N3O2/c1-2-19-7-3-5-15-10(18)8-17-6-4-9(16-17)11(12,13)14/h4,6H,2-3,5,7-8H2,1H3,(H,15,18). The highest BCUT2D eigenvalue weighted by atomic mass is 19.4. The van der Waals surface area contributed by atoms with Crippen LogP contribution in [0, 0.1) is 0 Å². The molecule has 0 aromatic carbocycles. The second-order valence-electron chi connectivity index (χ2n) is 3.80.